The number of aromatic nitrogens is 2. The number of ether oxygens (including phenoxy) is 1. The molecular weight excluding hydrogens is 238 g/mol. The van der Waals surface area contributed by atoms with Crippen molar-refractivity contribution in [1.82, 2.24) is 9.78 Å². The molecule has 0 saturated carbocycles. The molecule has 0 bridgehead atoms. The molecule has 0 amide bonds. The van der Waals surface area contributed by atoms with Gasteiger partial charge >= 0.3 is 0 Å². The van der Waals surface area contributed by atoms with Crippen molar-refractivity contribution in [3.05, 3.63) is 41.6 Å². The minimum atomic E-state index is 0.673. The molecule has 17 heavy (non-hydrogen) atoms. The lowest BCUT2D eigenvalue weighted by Gasteiger charge is -2.06. The Bertz CT molecular complexity index is 493. The number of rotatable bonds is 4. The normalized spacial score (nSPS) is 10.3. The Morgan fingerprint density at radius 2 is 2.06 bits per heavy atom. The highest BCUT2D eigenvalue weighted by atomic mass is 35.5. The number of methoxy groups -OCH3 is 1. The quantitative estimate of drug-likeness (QED) is 0.850. The molecule has 0 atom stereocenters. The Balaban J connectivity index is 2.18. The third-order valence-corrected chi connectivity index (χ3v) is 2.68. The van der Waals surface area contributed by atoms with E-state index < -0.39 is 0 Å². The van der Waals surface area contributed by atoms with Gasteiger partial charge in [-0.25, -0.2) is 4.68 Å². The fourth-order valence-corrected chi connectivity index (χ4v) is 1.80. The third kappa shape index (κ3) is 2.71. The van der Waals surface area contributed by atoms with Gasteiger partial charge in [-0.3, -0.25) is 4.84 Å². The largest absolute Gasteiger partial charge is 0.497 e. The second-order valence-corrected chi connectivity index (χ2v) is 3.96. The van der Waals surface area contributed by atoms with Gasteiger partial charge in [-0.15, -0.1) is 0 Å². The third-order valence-electron chi connectivity index (χ3n) is 2.49. The molecule has 0 spiro atoms. The number of nitrogens with one attached hydrogen (secondary N) is 1. The van der Waals surface area contributed by atoms with E-state index in [0.717, 1.165) is 22.8 Å². The summed E-state index contributed by atoms with van der Waals surface area (Å²) >= 11 is 5.63. The first-order valence-electron chi connectivity index (χ1n) is 5.27. The molecule has 1 aromatic carbocycles. The maximum Gasteiger partial charge on any atom is 0.139 e. The summed E-state index contributed by atoms with van der Waals surface area (Å²) in [5.74, 6) is 1.64. The molecule has 0 unspecified atom stereocenters. The number of hydrogen-bond donors (Lipinski definition) is 1. The van der Waals surface area contributed by atoms with Crippen molar-refractivity contribution in [3.8, 4) is 5.75 Å². The Morgan fingerprint density at radius 1 is 1.35 bits per heavy atom. The molecule has 0 radical (unpaired) electrons. The van der Waals surface area contributed by atoms with Crippen LogP contribution in [0.2, 0.25) is 0 Å². The van der Waals surface area contributed by atoms with Crippen molar-refractivity contribution < 1.29 is 4.74 Å². The molecule has 1 N–H and O–H groups in total. The van der Waals surface area contributed by atoms with E-state index in [1.807, 2.05) is 41.9 Å². The molecule has 2 rings (SSSR count). The fraction of sp³-hybridized carbons (Fsp3) is 0.250. The van der Waals surface area contributed by atoms with Crippen LogP contribution in [0, 0.1) is 6.92 Å². The van der Waals surface area contributed by atoms with Crippen LogP contribution in [0.15, 0.2) is 30.3 Å². The van der Waals surface area contributed by atoms with Gasteiger partial charge in [0.25, 0.3) is 0 Å². The van der Waals surface area contributed by atoms with Crippen molar-refractivity contribution in [2.24, 2.45) is 0 Å². The highest BCUT2D eigenvalue weighted by Gasteiger charge is 2.05. The minimum absolute atomic E-state index is 0.673. The van der Waals surface area contributed by atoms with Crippen LogP contribution in [0.3, 0.4) is 0 Å². The summed E-state index contributed by atoms with van der Waals surface area (Å²) in [7, 11) is 1.65. The topological polar surface area (TPSA) is 39.1 Å². The zero-order chi connectivity index (χ0) is 12.3. The van der Waals surface area contributed by atoms with E-state index in [2.05, 4.69) is 9.93 Å². The van der Waals surface area contributed by atoms with Crippen LogP contribution in [0.1, 0.15) is 11.3 Å². The van der Waals surface area contributed by atoms with Crippen LogP contribution in [-0.2, 0) is 6.54 Å². The molecule has 0 fully saturated rings. The molecule has 0 aliphatic heterocycles. The molecule has 90 valence electrons. The highest BCUT2D eigenvalue weighted by Crippen LogP contribution is 2.16. The van der Waals surface area contributed by atoms with Crippen molar-refractivity contribution in [2.75, 3.05) is 11.9 Å². The summed E-state index contributed by atoms with van der Waals surface area (Å²) in [5, 5.41) is 4.36. The number of hydrogen-bond acceptors (Lipinski definition) is 3. The molecule has 5 heteroatoms. The number of aryl methyl sites for hydroxylation is 1. The van der Waals surface area contributed by atoms with Gasteiger partial charge in [-0.1, -0.05) is 12.1 Å². The molecule has 2 aromatic rings. The number of benzene rings is 1. The van der Waals surface area contributed by atoms with Gasteiger partial charge in [0, 0.05) is 17.8 Å². The average Bonchev–Trinajstić information content (AvgIpc) is 2.70. The molecule has 4 nitrogen and oxygen atoms in total. The van der Waals surface area contributed by atoms with E-state index in [1.54, 1.807) is 7.11 Å². The van der Waals surface area contributed by atoms with Crippen molar-refractivity contribution in [1.29, 1.82) is 0 Å². The maximum atomic E-state index is 5.63. The smallest absolute Gasteiger partial charge is 0.139 e. The summed E-state index contributed by atoms with van der Waals surface area (Å²) in [5.41, 5.74) is 2.07. The molecule has 1 aromatic heterocycles. The zero-order valence-corrected chi connectivity index (χ0v) is 10.5. The van der Waals surface area contributed by atoms with E-state index >= 15 is 0 Å². The molecule has 1 heterocycles. The molecule has 0 saturated heterocycles. The zero-order valence-electron chi connectivity index (χ0n) is 9.77. The van der Waals surface area contributed by atoms with Crippen LogP contribution in [-0.4, -0.2) is 16.9 Å². The summed E-state index contributed by atoms with van der Waals surface area (Å²) < 4.78 is 6.94. The maximum absolute atomic E-state index is 5.63. The van der Waals surface area contributed by atoms with Gasteiger partial charge in [0.2, 0.25) is 0 Å². The monoisotopic (exact) mass is 251 g/mol. The van der Waals surface area contributed by atoms with E-state index in [-0.39, 0.29) is 0 Å². The molecule has 0 aliphatic carbocycles. The van der Waals surface area contributed by atoms with Crippen molar-refractivity contribution in [3.63, 3.8) is 0 Å². The van der Waals surface area contributed by atoms with E-state index in [4.69, 9.17) is 16.5 Å². The molecular formula is C12H14ClN3O. The van der Waals surface area contributed by atoms with Crippen LogP contribution in [0.4, 0.5) is 5.82 Å². The Kier molecular flexibility index (Phi) is 3.54. The van der Waals surface area contributed by atoms with Crippen LogP contribution in [0.5, 0.6) is 5.75 Å². The van der Waals surface area contributed by atoms with E-state index in [1.165, 1.54) is 0 Å². The number of nitrogens with zero attached hydrogens (tertiary/aromatic N) is 2. The first-order valence-corrected chi connectivity index (χ1v) is 5.65. The molecule has 0 aliphatic rings. The van der Waals surface area contributed by atoms with E-state index in [0.29, 0.717) is 6.54 Å². The summed E-state index contributed by atoms with van der Waals surface area (Å²) in [6, 6.07) is 9.78. The predicted molar refractivity (Wildman–Crippen MR) is 68.5 cm³/mol. The van der Waals surface area contributed by atoms with Crippen LogP contribution >= 0.6 is 11.8 Å². The fourth-order valence-electron chi connectivity index (χ4n) is 1.65. The minimum Gasteiger partial charge on any atom is -0.497 e. The van der Waals surface area contributed by atoms with Crippen molar-refractivity contribution in [2.45, 2.75) is 13.5 Å². The van der Waals surface area contributed by atoms with Crippen LogP contribution in [0.25, 0.3) is 0 Å². The Labute approximate surface area is 105 Å². The van der Waals surface area contributed by atoms with Crippen LogP contribution < -0.4 is 9.57 Å². The average molecular weight is 252 g/mol. The lowest BCUT2D eigenvalue weighted by Crippen LogP contribution is -2.04. The summed E-state index contributed by atoms with van der Waals surface area (Å²) in [6.45, 7) is 2.61. The van der Waals surface area contributed by atoms with Gasteiger partial charge in [0.05, 0.1) is 19.3 Å². The Hall–Kier alpha value is -1.68. The predicted octanol–water partition coefficient (Wildman–Crippen LogP) is 2.81. The number of anilines is 1. The lowest BCUT2D eigenvalue weighted by atomic mass is 10.2. The summed E-state index contributed by atoms with van der Waals surface area (Å²) in [4.78, 5) is 2.61. The van der Waals surface area contributed by atoms with Gasteiger partial charge < -0.3 is 4.74 Å². The lowest BCUT2D eigenvalue weighted by molar-refractivity contribution is 0.414. The van der Waals surface area contributed by atoms with Gasteiger partial charge in [0.1, 0.15) is 11.6 Å². The van der Waals surface area contributed by atoms with Crippen molar-refractivity contribution >= 4 is 17.6 Å². The first kappa shape index (κ1) is 11.8. The second-order valence-electron chi connectivity index (χ2n) is 3.77. The van der Waals surface area contributed by atoms with E-state index in [9.17, 15) is 0 Å². The van der Waals surface area contributed by atoms with Gasteiger partial charge in [0.15, 0.2) is 0 Å². The highest BCUT2D eigenvalue weighted by molar-refractivity contribution is 6.23. The first-order chi connectivity index (χ1) is 8.22. The van der Waals surface area contributed by atoms with Gasteiger partial charge in [-0.2, -0.15) is 5.10 Å². The Morgan fingerprint density at radius 3 is 2.65 bits per heavy atom. The van der Waals surface area contributed by atoms with Gasteiger partial charge in [-0.05, 0) is 24.6 Å². The standard InChI is InChI=1S/C12H14ClN3O/c1-9-7-12(14-13)16(15-9)8-10-3-5-11(17-2)6-4-10/h3-7,14H,8H2,1-2H3. The SMILES string of the molecule is COc1ccc(Cn2nc(C)cc2NCl)cc1. The summed E-state index contributed by atoms with van der Waals surface area (Å²) in [6.07, 6.45) is 0. The number of halogens is 1. The second kappa shape index (κ2) is 5.10.